The monoisotopic (exact) mass is 224 g/mol. The minimum absolute atomic E-state index is 0.205. The normalized spacial score (nSPS) is 23.8. The zero-order valence-electron chi connectivity index (χ0n) is 9.19. The molecule has 16 heavy (non-hydrogen) atoms. The van der Waals surface area contributed by atoms with E-state index in [0.29, 0.717) is 25.7 Å². The van der Waals surface area contributed by atoms with E-state index < -0.39 is 0 Å². The molecule has 0 spiro atoms. The Bertz CT molecular complexity index is 237. The zero-order valence-corrected chi connectivity index (χ0v) is 9.19. The zero-order chi connectivity index (χ0) is 11.6. The molecule has 0 atom stereocenters. The molecule has 1 aliphatic rings. The highest BCUT2D eigenvalue weighted by atomic mass is 16.5. The highest BCUT2D eigenvalue weighted by Gasteiger charge is 2.01. The predicted molar refractivity (Wildman–Crippen MR) is 58.7 cm³/mol. The first-order valence-electron chi connectivity index (χ1n) is 5.40. The lowest BCUT2D eigenvalue weighted by Crippen LogP contribution is -2.05. The maximum atomic E-state index is 11.1. The van der Waals surface area contributed by atoms with Crippen molar-refractivity contribution in [2.45, 2.75) is 25.7 Å². The molecule has 0 unspecified atom stereocenters. The summed E-state index contributed by atoms with van der Waals surface area (Å²) in [4.78, 5) is 22.3. The van der Waals surface area contributed by atoms with Crippen LogP contribution >= 0.6 is 0 Å². The predicted octanol–water partition coefficient (Wildman–Crippen LogP) is 1.76. The summed E-state index contributed by atoms with van der Waals surface area (Å²) in [7, 11) is 0. The van der Waals surface area contributed by atoms with Crippen molar-refractivity contribution in [3.8, 4) is 0 Å². The lowest BCUT2D eigenvalue weighted by atomic mass is 10.3. The van der Waals surface area contributed by atoms with Gasteiger partial charge in [-0.3, -0.25) is 9.59 Å². The number of hydrogen-bond acceptors (Lipinski definition) is 4. The third-order valence-electron chi connectivity index (χ3n) is 2.04. The Morgan fingerprint density at radius 1 is 0.750 bits per heavy atom. The van der Waals surface area contributed by atoms with E-state index in [1.54, 1.807) is 12.2 Å². The standard InChI is InChI=1S/C12H16O4/c13-11-7-3-1-5-9-15-12(14)8-4-2-6-10-16-11/h1-2,5-6H,3-4,7-10H2/b5-1-,6-2+. The highest BCUT2D eigenvalue weighted by Crippen LogP contribution is 1.99. The van der Waals surface area contributed by atoms with Gasteiger partial charge < -0.3 is 9.47 Å². The van der Waals surface area contributed by atoms with Gasteiger partial charge in [-0.1, -0.05) is 24.3 Å². The second-order valence-electron chi connectivity index (χ2n) is 3.39. The van der Waals surface area contributed by atoms with Crippen LogP contribution in [-0.4, -0.2) is 25.2 Å². The van der Waals surface area contributed by atoms with Crippen LogP contribution in [-0.2, 0) is 19.1 Å². The summed E-state index contributed by atoms with van der Waals surface area (Å²) in [6, 6.07) is 0. The molecule has 1 aliphatic heterocycles. The number of carbonyl (C=O) groups is 2. The van der Waals surface area contributed by atoms with Crippen LogP contribution < -0.4 is 0 Å². The van der Waals surface area contributed by atoms with Crippen LogP contribution in [0.1, 0.15) is 25.7 Å². The fraction of sp³-hybridized carbons (Fsp3) is 0.500. The van der Waals surface area contributed by atoms with E-state index in [1.165, 1.54) is 0 Å². The van der Waals surface area contributed by atoms with Crippen LogP contribution in [0.5, 0.6) is 0 Å². The van der Waals surface area contributed by atoms with Crippen molar-refractivity contribution in [3.05, 3.63) is 24.3 Å². The van der Waals surface area contributed by atoms with E-state index >= 15 is 0 Å². The number of hydrogen-bond donors (Lipinski definition) is 0. The van der Waals surface area contributed by atoms with E-state index in [1.807, 2.05) is 12.2 Å². The van der Waals surface area contributed by atoms with Gasteiger partial charge in [0.25, 0.3) is 0 Å². The third-order valence-corrected chi connectivity index (χ3v) is 2.04. The highest BCUT2D eigenvalue weighted by molar-refractivity contribution is 5.70. The van der Waals surface area contributed by atoms with Crippen molar-refractivity contribution in [1.82, 2.24) is 0 Å². The molecular weight excluding hydrogens is 208 g/mol. The molecule has 0 saturated heterocycles. The quantitative estimate of drug-likeness (QED) is 0.464. The van der Waals surface area contributed by atoms with Gasteiger partial charge in [0.15, 0.2) is 0 Å². The van der Waals surface area contributed by atoms with Gasteiger partial charge in [0.1, 0.15) is 13.2 Å². The van der Waals surface area contributed by atoms with Gasteiger partial charge in [-0.2, -0.15) is 0 Å². The first-order valence-corrected chi connectivity index (χ1v) is 5.40. The summed E-state index contributed by atoms with van der Waals surface area (Å²) >= 11 is 0. The average Bonchev–Trinajstić information content (AvgIpc) is 2.27. The lowest BCUT2D eigenvalue weighted by molar-refractivity contribution is -0.143. The molecule has 0 saturated carbocycles. The first kappa shape index (κ1) is 12.5. The third kappa shape index (κ3) is 6.01. The molecule has 1 rings (SSSR count). The number of esters is 2. The number of ether oxygens (including phenoxy) is 2. The molecule has 0 fully saturated rings. The van der Waals surface area contributed by atoms with Crippen LogP contribution in [0.15, 0.2) is 24.3 Å². The van der Waals surface area contributed by atoms with Crippen LogP contribution in [0, 0.1) is 0 Å². The molecule has 0 radical (unpaired) electrons. The Labute approximate surface area is 94.9 Å². The number of allylic oxidation sites excluding steroid dienone is 2. The Balaban J connectivity index is 2.40. The number of carbonyl (C=O) groups excluding carboxylic acids is 2. The Kier molecular flexibility index (Phi) is 5.99. The lowest BCUT2D eigenvalue weighted by Gasteiger charge is -2.02. The smallest absolute Gasteiger partial charge is 0.306 e. The SMILES string of the molecule is O=C1CC/C=C/COC(=O)CC/C=C\CO1. The molecule has 4 nitrogen and oxygen atoms in total. The molecule has 0 amide bonds. The van der Waals surface area contributed by atoms with E-state index in [-0.39, 0.29) is 25.2 Å². The van der Waals surface area contributed by atoms with E-state index in [4.69, 9.17) is 9.47 Å². The fourth-order valence-electron chi connectivity index (χ4n) is 1.20. The summed E-state index contributed by atoms with van der Waals surface area (Å²) in [6.45, 7) is 0.551. The second kappa shape index (κ2) is 7.68. The fourth-order valence-corrected chi connectivity index (χ4v) is 1.20. The van der Waals surface area contributed by atoms with Crippen molar-refractivity contribution in [3.63, 3.8) is 0 Å². The largest absolute Gasteiger partial charge is 0.461 e. The van der Waals surface area contributed by atoms with E-state index in [9.17, 15) is 9.59 Å². The van der Waals surface area contributed by atoms with Gasteiger partial charge in [0.2, 0.25) is 0 Å². The Hall–Kier alpha value is -1.58. The van der Waals surface area contributed by atoms with E-state index in [2.05, 4.69) is 0 Å². The van der Waals surface area contributed by atoms with Gasteiger partial charge in [-0.25, -0.2) is 0 Å². The topological polar surface area (TPSA) is 52.6 Å². The van der Waals surface area contributed by atoms with Crippen molar-refractivity contribution in [2.24, 2.45) is 0 Å². The molecule has 0 aromatic rings. The van der Waals surface area contributed by atoms with E-state index in [0.717, 1.165) is 0 Å². The van der Waals surface area contributed by atoms with Gasteiger partial charge in [0.05, 0.1) is 0 Å². The second-order valence-corrected chi connectivity index (χ2v) is 3.39. The maximum absolute atomic E-state index is 11.1. The summed E-state index contributed by atoms with van der Waals surface area (Å²) in [5, 5.41) is 0. The summed E-state index contributed by atoms with van der Waals surface area (Å²) in [5.74, 6) is -0.410. The van der Waals surface area contributed by atoms with Crippen molar-refractivity contribution in [2.75, 3.05) is 13.2 Å². The molecule has 4 heteroatoms. The molecule has 0 aromatic carbocycles. The Morgan fingerprint density at radius 3 is 1.62 bits per heavy atom. The van der Waals surface area contributed by atoms with Crippen molar-refractivity contribution < 1.29 is 19.1 Å². The molecular formula is C12H16O4. The first-order chi connectivity index (χ1) is 7.79. The summed E-state index contributed by atoms with van der Waals surface area (Å²) < 4.78 is 9.88. The van der Waals surface area contributed by atoms with Crippen LogP contribution in [0.4, 0.5) is 0 Å². The van der Waals surface area contributed by atoms with Gasteiger partial charge in [-0.05, 0) is 12.8 Å². The van der Waals surface area contributed by atoms with Crippen molar-refractivity contribution >= 4 is 11.9 Å². The minimum Gasteiger partial charge on any atom is -0.461 e. The minimum atomic E-state index is -0.205. The molecule has 0 aromatic heterocycles. The molecule has 88 valence electrons. The molecule has 0 aliphatic carbocycles. The Morgan fingerprint density at radius 2 is 1.19 bits per heavy atom. The summed E-state index contributed by atoms with van der Waals surface area (Å²) in [5.41, 5.74) is 0. The van der Waals surface area contributed by atoms with Gasteiger partial charge in [-0.15, -0.1) is 0 Å². The van der Waals surface area contributed by atoms with Gasteiger partial charge in [0, 0.05) is 12.8 Å². The van der Waals surface area contributed by atoms with Crippen LogP contribution in [0.3, 0.4) is 0 Å². The van der Waals surface area contributed by atoms with Gasteiger partial charge >= 0.3 is 11.9 Å². The van der Waals surface area contributed by atoms with Crippen LogP contribution in [0.2, 0.25) is 0 Å². The number of cyclic esters (lactones) is 2. The van der Waals surface area contributed by atoms with Crippen molar-refractivity contribution in [1.29, 1.82) is 0 Å². The average molecular weight is 224 g/mol. The maximum Gasteiger partial charge on any atom is 0.306 e. The summed E-state index contributed by atoms with van der Waals surface area (Å²) in [6.07, 6.45) is 9.06. The number of rotatable bonds is 0. The van der Waals surface area contributed by atoms with Crippen LogP contribution in [0.25, 0.3) is 0 Å². The molecule has 1 heterocycles. The molecule has 0 N–H and O–H groups in total. The molecule has 0 bridgehead atoms.